The minimum Gasteiger partial charge on any atom is -0.432 e. The number of hydrogen-bond acceptors (Lipinski definition) is 4. The van der Waals surface area contributed by atoms with Gasteiger partial charge in [0.2, 0.25) is 5.88 Å². The topological polar surface area (TPSA) is 56.7 Å². The van der Waals surface area contributed by atoms with E-state index in [0.29, 0.717) is 23.9 Å². The van der Waals surface area contributed by atoms with Crippen LogP contribution >= 0.6 is 0 Å². The molecule has 2 aromatic heterocycles. The van der Waals surface area contributed by atoms with Gasteiger partial charge in [-0.05, 0) is 0 Å². The third-order valence-electron chi connectivity index (χ3n) is 2.43. The number of imidazole rings is 1. The summed E-state index contributed by atoms with van der Waals surface area (Å²) in [6.45, 7) is 0.378. The minimum absolute atomic E-state index is 0.356. The van der Waals surface area contributed by atoms with Gasteiger partial charge in [-0.2, -0.15) is 4.98 Å². The fourth-order valence-electron chi connectivity index (χ4n) is 1.71. The Morgan fingerprint density at radius 2 is 2.12 bits per heavy atom. The van der Waals surface area contributed by atoms with E-state index in [1.807, 2.05) is 30.3 Å². The Balaban J connectivity index is 2.24. The van der Waals surface area contributed by atoms with Crippen molar-refractivity contribution in [2.45, 2.75) is 0 Å². The largest absolute Gasteiger partial charge is 0.432 e. The second kappa shape index (κ2) is 3.79. The van der Waals surface area contributed by atoms with E-state index in [1.54, 1.807) is 10.6 Å². The fraction of sp³-hybridized carbons (Fsp3) is 0. The molecule has 0 aliphatic carbocycles. The zero-order valence-electron chi connectivity index (χ0n) is 8.74. The summed E-state index contributed by atoms with van der Waals surface area (Å²) in [6.07, 6.45) is 3.13. The van der Waals surface area contributed by atoms with Crippen LogP contribution < -0.4 is 4.74 Å². The van der Waals surface area contributed by atoms with Gasteiger partial charge in [-0.3, -0.25) is 4.79 Å². The van der Waals surface area contributed by atoms with Crippen molar-refractivity contribution in [3.63, 3.8) is 0 Å². The van der Waals surface area contributed by atoms with Gasteiger partial charge < -0.3 is 9.15 Å². The Morgan fingerprint density at radius 3 is 2.88 bits per heavy atom. The molecule has 84 valence electrons. The van der Waals surface area contributed by atoms with Crippen LogP contribution in [0, 0.1) is 0 Å². The molecule has 0 unspecified atom stereocenters. The van der Waals surface area contributed by atoms with Gasteiger partial charge in [0.25, 0.3) is 6.47 Å². The molecule has 0 spiro atoms. The standard InChI is InChI=1S/C12H8N2O3/c15-8-17-11-10(9-4-2-1-3-5-9)13-12-14(11)6-7-16-12/h1-8H. The van der Waals surface area contributed by atoms with Crippen molar-refractivity contribution in [1.82, 2.24) is 9.38 Å². The number of aromatic nitrogens is 2. The number of hydrogen-bond donors (Lipinski definition) is 0. The van der Waals surface area contributed by atoms with Crippen molar-refractivity contribution >= 4 is 12.3 Å². The van der Waals surface area contributed by atoms with E-state index >= 15 is 0 Å². The second-order valence-corrected chi connectivity index (χ2v) is 3.40. The second-order valence-electron chi connectivity index (χ2n) is 3.40. The molecule has 17 heavy (non-hydrogen) atoms. The minimum atomic E-state index is 0.356. The Kier molecular flexibility index (Phi) is 2.15. The van der Waals surface area contributed by atoms with E-state index < -0.39 is 0 Å². The molecule has 0 amide bonds. The lowest BCUT2D eigenvalue weighted by molar-refractivity contribution is -0.120. The van der Waals surface area contributed by atoms with Crippen LogP contribution in [0.3, 0.4) is 0 Å². The molecule has 5 nitrogen and oxygen atoms in total. The monoisotopic (exact) mass is 228 g/mol. The first-order valence-corrected chi connectivity index (χ1v) is 5.01. The predicted molar refractivity (Wildman–Crippen MR) is 59.6 cm³/mol. The maximum Gasteiger partial charge on any atom is 0.309 e. The maximum atomic E-state index is 10.5. The molecule has 1 aromatic carbocycles. The van der Waals surface area contributed by atoms with Crippen LogP contribution in [0.1, 0.15) is 0 Å². The number of carbonyl (C=O) groups excluding carboxylic acids is 1. The van der Waals surface area contributed by atoms with Crippen molar-refractivity contribution in [2.75, 3.05) is 0 Å². The molecule has 0 bridgehead atoms. The van der Waals surface area contributed by atoms with Gasteiger partial charge in [0, 0.05) is 5.56 Å². The molecule has 0 fully saturated rings. The lowest BCUT2D eigenvalue weighted by Gasteiger charge is -1.99. The Labute approximate surface area is 96.3 Å². The highest BCUT2D eigenvalue weighted by Crippen LogP contribution is 2.30. The fourth-order valence-corrected chi connectivity index (χ4v) is 1.71. The van der Waals surface area contributed by atoms with E-state index in [2.05, 4.69) is 4.98 Å². The smallest absolute Gasteiger partial charge is 0.309 e. The summed E-state index contributed by atoms with van der Waals surface area (Å²) in [6, 6.07) is 9.46. The highest BCUT2D eigenvalue weighted by Gasteiger charge is 2.16. The van der Waals surface area contributed by atoms with Crippen LogP contribution in [0.25, 0.3) is 17.1 Å². The number of fused-ring (bicyclic) bond motifs is 1. The van der Waals surface area contributed by atoms with Crippen LogP contribution in [0.15, 0.2) is 47.2 Å². The molecule has 0 saturated heterocycles. The van der Waals surface area contributed by atoms with E-state index in [-0.39, 0.29) is 0 Å². The lowest BCUT2D eigenvalue weighted by Crippen LogP contribution is -1.93. The van der Waals surface area contributed by atoms with E-state index in [9.17, 15) is 4.79 Å². The molecule has 0 atom stereocenters. The van der Waals surface area contributed by atoms with Crippen LogP contribution in [0.4, 0.5) is 0 Å². The molecule has 0 aliphatic heterocycles. The summed E-state index contributed by atoms with van der Waals surface area (Å²) in [7, 11) is 0. The molecule has 3 rings (SSSR count). The normalized spacial score (nSPS) is 10.6. The predicted octanol–water partition coefficient (Wildman–Crippen LogP) is 2.13. The third kappa shape index (κ3) is 1.48. The van der Waals surface area contributed by atoms with Gasteiger partial charge in [0.05, 0.1) is 6.20 Å². The molecule has 0 aliphatic rings. The van der Waals surface area contributed by atoms with Crippen molar-refractivity contribution in [3.8, 4) is 17.1 Å². The molecule has 0 radical (unpaired) electrons. The zero-order valence-corrected chi connectivity index (χ0v) is 8.74. The van der Waals surface area contributed by atoms with Crippen molar-refractivity contribution < 1.29 is 13.9 Å². The Bertz CT molecular complexity index is 655. The molecule has 0 N–H and O–H groups in total. The molecule has 0 saturated carbocycles. The first kappa shape index (κ1) is 9.65. The van der Waals surface area contributed by atoms with Gasteiger partial charge in [0.1, 0.15) is 12.0 Å². The van der Waals surface area contributed by atoms with Gasteiger partial charge in [-0.25, -0.2) is 4.40 Å². The number of benzene rings is 1. The van der Waals surface area contributed by atoms with Crippen LogP contribution in [0.2, 0.25) is 0 Å². The maximum absolute atomic E-state index is 10.5. The first-order valence-electron chi connectivity index (χ1n) is 5.01. The molecule has 5 heteroatoms. The van der Waals surface area contributed by atoms with Crippen LogP contribution in [-0.4, -0.2) is 15.9 Å². The van der Waals surface area contributed by atoms with Crippen LogP contribution in [0.5, 0.6) is 5.88 Å². The Hall–Kier alpha value is -2.56. The number of nitrogens with zero attached hydrogens (tertiary/aromatic N) is 2. The van der Waals surface area contributed by atoms with Gasteiger partial charge in [-0.1, -0.05) is 30.3 Å². The SMILES string of the molecule is O=COc1c(-c2ccccc2)nc2occn12. The third-order valence-corrected chi connectivity index (χ3v) is 2.43. The average Bonchev–Trinajstić information content (AvgIpc) is 2.93. The van der Waals surface area contributed by atoms with Crippen LogP contribution in [-0.2, 0) is 4.79 Å². The average molecular weight is 228 g/mol. The summed E-state index contributed by atoms with van der Waals surface area (Å²) >= 11 is 0. The summed E-state index contributed by atoms with van der Waals surface area (Å²) in [5.41, 5.74) is 1.44. The van der Waals surface area contributed by atoms with Crippen molar-refractivity contribution in [3.05, 3.63) is 42.8 Å². The number of oxazole rings is 1. The van der Waals surface area contributed by atoms with Crippen molar-refractivity contribution in [2.24, 2.45) is 0 Å². The number of rotatable bonds is 3. The van der Waals surface area contributed by atoms with Gasteiger partial charge >= 0.3 is 5.84 Å². The van der Waals surface area contributed by atoms with E-state index in [0.717, 1.165) is 5.56 Å². The van der Waals surface area contributed by atoms with Gasteiger partial charge in [-0.15, -0.1) is 0 Å². The molecular weight excluding hydrogens is 220 g/mol. The summed E-state index contributed by atoms with van der Waals surface area (Å²) in [5.74, 6) is 0.746. The van der Waals surface area contributed by atoms with E-state index in [4.69, 9.17) is 9.15 Å². The summed E-state index contributed by atoms with van der Waals surface area (Å²) in [5, 5.41) is 0. The summed E-state index contributed by atoms with van der Waals surface area (Å²) < 4.78 is 11.7. The molecule has 2 heterocycles. The quantitative estimate of drug-likeness (QED) is 0.644. The highest BCUT2D eigenvalue weighted by atomic mass is 16.5. The first-order chi connectivity index (χ1) is 8.40. The van der Waals surface area contributed by atoms with Gasteiger partial charge in [0.15, 0.2) is 0 Å². The highest BCUT2D eigenvalue weighted by molar-refractivity contribution is 5.69. The van der Waals surface area contributed by atoms with Crippen molar-refractivity contribution in [1.29, 1.82) is 0 Å². The molecule has 3 aromatic rings. The molecular formula is C12H8N2O3. The van der Waals surface area contributed by atoms with E-state index in [1.165, 1.54) is 6.26 Å². The Morgan fingerprint density at radius 1 is 1.29 bits per heavy atom. The number of carbonyl (C=O) groups is 1. The number of ether oxygens (including phenoxy) is 1. The lowest BCUT2D eigenvalue weighted by atomic mass is 10.2. The summed E-state index contributed by atoms with van der Waals surface area (Å²) in [4.78, 5) is 14.8. The zero-order chi connectivity index (χ0) is 11.7.